The Kier molecular flexibility index (Phi) is 12.5. The number of pyridine rings is 1. The predicted molar refractivity (Wildman–Crippen MR) is 201 cm³/mol. The topological polar surface area (TPSA) is 158 Å². The van der Waals surface area contributed by atoms with Gasteiger partial charge in [-0.3, -0.25) is 28.3 Å². The van der Waals surface area contributed by atoms with Crippen LogP contribution >= 0.6 is 11.6 Å². The molecule has 12 nitrogen and oxygen atoms in total. The van der Waals surface area contributed by atoms with E-state index in [0.29, 0.717) is 24.6 Å². The van der Waals surface area contributed by atoms with E-state index in [2.05, 4.69) is 4.98 Å². The van der Waals surface area contributed by atoms with E-state index in [1.807, 2.05) is 11.6 Å². The molecule has 1 aromatic carbocycles. The number of esters is 1. The molecule has 2 amide bonds. The van der Waals surface area contributed by atoms with E-state index in [4.69, 9.17) is 25.3 Å². The van der Waals surface area contributed by atoms with Gasteiger partial charge in [0, 0.05) is 36.4 Å². The normalized spacial score (nSPS) is 23.5. The molecule has 0 unspecified atom stereocenters. The number of hydrogen-bond donors (Lipinski definition) is 1. The van der Waals surface area contributed by atoms with Crippen molar-refractivity contribution in [1.82, 2.24) is 14.6 Å². The van der Waals surface area contributed by atoms with Crippen molar-refractivity contribution in [2.24, 2.45) is 22.7 Å². The second kappa shape index (κ2) is 16.0. The van der Waals surface area contributed by atoms with E-state index in [-0.39, 0.29) is 60.1 Å². The average Bonchev–Trinajstić information content (AvgIpc) is 3.97. The van der Waals surface area contributed by atoms with Crippen molar-refractivity contribution in [1.29, 1.82) is 0 Å². The Morgan fingerprint density at radius 3 is 2.32 bits per heavy atom. The zero-order chi connectivity index (χ0) is 41.6. The summed E-state index contributed by atoms with van der Waals surface area (Å²) in [4.78, 5) is 61.5. The van der Waals surface area contributed by atoms with Gasteiger partial charge in [0.2, 0.25) is 11.8 Å². The first kappa shape index (κ1) is 43.6. The van der Waals surface area contributed by atoms with Gasteiger partial charge in [-0.05, 0) is 69.9 Å². The van der Waals surface area contributed by atoms with Crippen molar-refractivity contribution >= 4 is 56.4 Å². The number of carbonyl (C=O) groups is 4. The molecular formula is C39H51ClF3N3O9S. The number of fused-ring (bicyclic) bond motifs is 1. The minimum absolute atomic E-state index is 0.0618. The predicted octanol–water partition coefficient (Wildman–Crippen LogP) is 7.04. The summed E-state index contributed by atoms with van der Waals surface area (Å²) in [6, 6.07) is 5.07. The van der Waals surface area contributed by atoms with Crippen molar-refractivity contribution in [3.05, 3.63) is 35.0 Å². The van der Waals surface area contributed by atoms with Gasteiger partial charge in [0.15, 0.2) is 5.78 Å². The van der Waals surface area contributed by atoms with Crippen LogP contribution in [0.15, 0.2) is 24.3 Å². The third-order valence-corrected chi connectivity index (χ3v) is 11.8. The molecule has 1 aliphatic heterocycles. The Labute approximate surface area is 330 Å². The number of likely N-dealkylation sites (tertiary alicyclic amines) is 1. The molecular weight excluding hydrogens is 779 g/mol. The molecule has 2 aromatic rings. The second-order valence-electron chi connectivity index (χ2n) is 17.3. The number of Topliss-reactive ketones (excluding diaryl/α,β-unsaturated/α-hetero) is 1. The summed E-state index contributed by atoms with van der Waals surface area (Å²) < 4.78 is 83.9. The number of alkyl halides is 3. The highest BCUT2D eigenvalue weighted by atomic mass is 35.5. The van der Waals surface area contributed by atoms with Gasteiger partial charge < -0.3 is 14.4 Å². The van der Waals surface area contributed by atoms with Crippen LogP contribution in [0.5, 0.6) is 5.75 Å². The quantitative estimate of drug-likeness (QED) is 0.185. The standard InChI is InChI=1S/C39H51ClF3N3O9S/c1-8-22-19-38(22,35(50)45-56(51,52)55-24-12-13-24)20-30(47)29-17-25(21-46(29)34(49)27(36(2,3)4)18-32(48)54-37(5,6)7)53-31-16-23(14-15-39(41,42)43)44-33-26(31)10-9-11-28(33)40/h9-11,16,22,24-25,27,29H,8,12-15,17-21H2,1-7H3,(H,45,50)/t22-,25-,27-,29+,38-/m1/s1. The van der Waals surface area contributed by atoms with Gasteiger partial charge in [0.05, 0.1) is 47.0 Å². The van der Waals surface area contributed by atoms with Crippen LogP contribution in [0.3, 0.4) is 0 Å². The second-order valence-corrected chi connectivity index (χ2v) is 19.1. The van der Waals surface area contributed by atoms with Gasteiger partial charge in [-0.25, -0.2) is 4.72 Å². The maximum Gasteiger partial charge on any atom is 0.389 e. The Morgan fingerprint density at radius 2 is 1.75 bits per heavy atom. The average molecular weight is 830 g/mol. The summed E-state index contributed by atoms with van der Waals surface area (Å²) in [5, 5.41) is 0.600. The molecule has 310 valence electrons. The Morgan fingerprint density at radius 1 is 1.07 bits per heavy atom. The molecule has 0 radical (unpaired) electrons. The van der Waals surface area contributed by atoms with Crippen LogP contribution in [0.25, 0.3) is 10.9 Å². The smallest absolute Gasteiger partial charge is 0.389 e. The maximum absolute atomic E-state index is 14.6. The highest BCUT2D eigenvalue weighted by Crippen LogP contribution is 2.58. The van der Waals surface area contributed by atoms with E-state index < -0.39 is 93.5 Å². The monoisotopic (exact) mass is 829 g/mol. The molecule has 1 aromatic heterocycles. The number of halogens is 4. The van der Waals surface area contributed by atoms with Crippen LogP contribution in [0.1, 0.15) is 106 Å². The number of benzene rings is 1. The van der Waals surface area contributed by atoms with Gasteiger partial charge in [0.25, 0.3) is 0 Å². The lowest BCUT2D eigenvalue weighted by molar-refractivity contribution is -0.161. The molecule has 3 aliphatic rings. The highest BCUT2D eigenvalue weighted by Gasteiger charge is 2.61. The number of para-hydroxylation sites is 1. The first-order chi connectivity index (χ1) is 25.8. The SMILES string of the molecule is CC[C@@H]1C[C@]1(CC(=O)[C@@H]1C[C@@H](Oc2cc(CCC(F)(F)F)nc3c(Cl)cccc23)CN1C(=O)[C@@H](CC(=O)OC(C)(C)C)C(C)(C)C)C(=O)NS(=O)(=O)OC1CC1. The van der Waals surface area contributed by atoms with Crippen LogP contribution in [0.2, 0.25) is 5.02 Å². The van der Waals surface area contributed by atoms with E-state index in [1.54, 1.807) is 59.7 Å². The van der Waals surface area contributed by atoms with Gasteiger partial charge in [0.1, 0.15) is 17.5 Å². The lowest BCUT2D eigenvalue weighted by Crippen LogP contribution is -2.48. The largest absolute Gasteiger partial charge is 0.488 e. The lowest BCUT2D eigenvalue weighted by atomic mass is 9.77. The number of ketones is 1. The first-order valence-corrected chi connectivity index (χ1v) is 20.7. The number of hydrogen-bond acceptors (Lipinski definition) is 10. The van der Waals surface area contributed by atoms with Crippen LogP contribution in [-0.4, -0.2) is 78.4 Å². The van der Waals surface area contributed by atoms with Crippen molar-refractivity contribution in [3.63, 3.8) is 0 Å². The first-order valence-electron chi connectivity index (χ1n) is 18.9. The summed E-state index contributed by atoms with van der Waals surface area (Å²) in [5.74, 6) is -3.60. The fourth-order valence-electron chi connectivity index (χ4n) is 7.36. The summed E-state index contributed by atoms with van der Waals surface area (Å²) in [6.45, 7) is 12.2. The van der Waals surface area contributed by atoms with Crippen LogP contribution in [-0.2, 0) is 44.8 Å². The molecule has 1 N–H and O–H groups in total. The van der Waals surface area contributed by atoms with Gasteiger partial charge in [-0.2, -0.15) is 21.6 Å². The Hall–Kier alpha value is -3.50. The van der Waals surface area contributed by atoms with Crippen molar-refractivity contribution in [3.8, 4) is 5.75 Å². The van der Waals surface area contributed by atoms with Crippen molar-refractivity contribution in [2.75, 3.05) is 6.54 Å². The van der Waals surface area contributed by atoms with Crippen molar-refractivity contribution < 1.29 is 54.4 Å². The molecule has 5 atom stereocenters. The summed E-state index contributed by atoms with van der Waals surface area (Å²) in [6.07, 6.45) is -6.29. The third kappa shape index (κ3) is 10.9. The zero-order valence-electron chi connectivity index (χ0n) is 32.8. The van der Waals surface area contributed by atoms with Crippen LogP contribution in [0, 0.1) is 22.7 Å². The van der Waals surface area contributed by atoms with E-state index in [1.165, 1.54) is 11.0 Å². The third-order valence-electron chi connectivity index (χ3n) is 10.5. The molecule has 0 bridgehead atoms. The van der Waals surface area contributed by atoms with E-state index in [0.717, 1.165) is 0 Å². The summed E-state index contributed by atoms with van der Waals surface area (Å²) in [7, 11) is -4.42. The fraction of sp³-hybridized carbons (Fsp3) is 0.667. The number of amides is 2. The minimum Gasteiger partial charge on any atom is -0.488 e. The molecule has 2 aliphatic carbocycles. The van der Waals surface area contributed by atoms with Gasteiger partial charge in [-0.15, -0.1) is 0 Å². The number of nitrogens with zero attached hydrogens (tertiary/aromatic N) is 2. The molecule has 56 heavy (non-hydrogen) atoms. The lowest BCUT2D eigenvalue weighted by Gasteiger charge is -2.35. The maximum atomic E-state index is 14.6. The molecule has 2 saturated carbocycles. The van der Waals surface area contributed by atoms with E-state index in [9.17, 15) is 40.8 Å². The van der Waals surface area contributed by atoms with Gasteiger partial charge in [-0.1, -0.05) is 51.8 Å². The Balaban J connectivity index is 1.47. The molecule has 0 spiro atoms. The van der Waals surface area contributed by atoms with E-state index >= 15 is 0 Å². The summed E-state index contributed by atoms with van der Waals surface area (Å²) in [5.41, 5.74) is -2.66. The zero-order valence-corrected chi connectivity index (χ0v) is 34.3. The van der Waals surface area contributed by atoms with Crippen LogP contribution in [0.4, 0.5) is 13.2 Å². The minimum atomic E-state index is -4.44. The molecule has 2 heterocycles. The van der Waals surface area contributed by atoms with Crippen molar-refractivity contribution in [2.45, 2.75) is 136 Å². The molecule has 17 heteroatoms. The number of carbonyl (C=O) groups excluding carboxylic acids is 4. The number of ether oxygens (including phenoxy) is 2. The summed E-state index contributed by atoms with van der Waals surface area (Å²) >= 11 is 6.43. The number of rotatable bonds is 15. The number of aryl methyl sites for hydroxylation is 1. The van der Waals surface area contributed by atoms with Gasteiger partial charge >= 0.3 is 22.4 Å². The molecule has 1 saturated heterocycles. The molecule has 3 fully saturated rings. The highest BCUT2D eigenvalue weighted by molar-refractivity contribution is 7.85. The fourth-order valence-corrected chi connectivity index (χ4v) is 8.60. The number of nitrogens with one attached hydrogen (secondary N) is 1. The van der Waals surface area contributed by atoms with Crippen LogP contribution < -0.4 is 9.46 Å². The molecule has 5 rings (SSSR count). The number of aromatic nitrogens is 1. The Bertz CT molecular complexity index is 1960.